The molecule has 0 spiro atoms. The van der Waals surface area contributed by atoms with Crippen LogP contribution in [-0.4, -0.2) is 25.0 Å². The SMILES string of the molecule is CCN(C(=O)C1CCNC(C)C1)c1ccccc1F. The summed E-state index contributed by atoms with van der Waals surface area (Å²) in [6.07, 6.45) is 1.65. The third-order valence-corrected chi connectivity index (χ3v) is 3.70. The Bertz CT molecular complexity index is 450. The Balaban J connectivity index is 2.17. The number of hydrogen-bond donors (Lipinski definition) is 1. The van der Waals surface area contributed by atoms with E-state index in [0.29, 0.717) is 18.3 Å². The van der Waals surface area contributed by atoms with Crippen LogP contribution in [0.15, 0.2) is 24.3 Å². The number of carbonyl (C=O) groups is 1. The fourth-order valence-corrected chi connectivity index (χ4v) is 2.69. The molecule has 2 rings (SSSR count). The van der Waals surface area contributed by atoms with Gasteiger partial charge in [0.2, 0.25) is 5.91 Å². The van der Waals surface area contributed by atoms with Gasteiger partial charge >= 0.3 is 0 Å². The minimum atomic E-state index is -0.334. The quantitative estimate of drug-likeness (QED) is 0.910. The summed E-state index contributed by atoms with van der Waals surface area (Å²) in [6, 6.07) is 6.82. The summed E-state index contributed by atoms with van der Waals surface area (Å²) in [5, 5.41) is 3.33. The molecule has 1 aromatic carbocycles. The van der Waals surface area contributed by atoms with Gasteiger partial charge < -0.3 is 10.2 Å². The van der Waals surface area contributed by atoms with E-state index in [9.17, 15) is 9.18 Å². The third-order valence-electron chi connectivity index (χ3n) is 3.70. The molecule has 0 saturated carbocycles. The van der Waals surface area contributed by atoms with Crippen LogP contribution in [0.25, 0.3) is 0 Å². The van der Waals surface area contributed by atoms with Gasteiger partial charge in [-0.3, -0.25) is 4.79 Å². The lowest BCUT2D eigenvalue weighted by atomic mass is 9.92. The number of nitrogens with zero attached hydrogens (tertiary/aromatic N) is 1. The number of halogens is 1. The van der Waals surface area contributed by atoms with Crippen LogP contribution in [0.5, 0.6) is 0 Å². The van der Waals surface area contributed by atoms with Crippen LogP contribution in [0, 0.1) is 11.7 Å². The molecule has 1 aliphatic rings. The van der Waals surface area contributed by atoms with Crippen molar-refractivity contribution in [1.82, 2.24) is 5.32 Å². The van der Waals surface area contributed by atoms with E-state index < -0.39 is 0 Å². The molecular weight excluding hydrogens is 243 g/mol. The highest BCUT2D eigenvalue weighted by molar-refractivity contribution is 5.95. The molecule has 1 aromatic rings. The van der Waals surface area contributed by atoms with Crippen LogP contribution < -0.4 is 10.2 Å². The van der Waals surface area contributed by atoms with Gasteiger partial charge in [0.05, 0.1) is 5.69 Å². The molecule has 1 N–H and O–H groups in total. The summed E-state index contributed by atoms with van der Waals surface area (Å²) >= 11 is 0. The van der Waals surface area contributed by atoms with Crippen molar-refractivity contribution in [2.75, 3.05) is 18.0 Å². The molecule has 1 aliphatic heterocycles. The van der Waals surface area contributed by atoms with Crippen LogP contribution >= 0.6 is 0 Å². The first-order valence-corrected chi connectivity index (χ1v) is 6.92. The van der Waals surface area contributed by atoms with Crippen LogP contribution in [0.2, 0.25) is 0 Å². The van der Waals surface area contributed by atoms with Crippen molar-refractivity contribution < 1.29 is 9.18 Å². The monoisotopic (exact) mass is 264 g/mol. The fourth-order valence-electron chi connectivity index (χ4n) is 2.69. The van der Waals surface area contributed by atoms with Gasteiger partial charge in [0, 0.05) is 18.5 Å². The third kappa shape index (κ3) is 3.13. The standard InChI is InChI=1S/C15H21FN2O/c1-3-18(14-7-5-4-6-13(14)16)15(19)12-8-9-17-11(2)10-12/h4-7,11-12,17H,3,8-10H2,1-2H3. The number of rotatable bonds is 3. The molecule has 3 nitrogen and oxygen atoms in total. The van der Waals surface area contributed by atoms with Gasteiger partial charge in [0.15, 0.2) is 0 Å². The van der Waals surface area contributed by atoms with Crippen molar-refractivity contribution in [3.8, 4) is 0 Å². The maximum Gasteiger partial charge on any atom is 0.230 e. The van der Waals surface area contributed by atoms with E-state index in [2.05, 4.69) is 12.2 Å². The van der Waals surface area contributed by atoms with Crippen molar-refractivity contribution in [3.63, 3.8) is 0 Å². The molecule has 0 aliphatic carbocycles. The van der Waals surface area contributed by atoms with E-state index in [-0.39, 0.29) is 17.6 Å². The number of anilines is 1. The number of amides is 1. The van der Waals surface area contributed by atoms with Crippen LogP contribution in [0.3, 0.4) is 0 Å². The number of hydrogen-bond acceptors (Lipinski definition) is 2. The molecule has 1 saturated heterocycles. The summed E-state index contributed by atoms with van der Waals surface area (Å²) in [6.45, 7) is 5.32. The van der Waals surface area contributed by atoms with Crippen LogP contribution in [-0.2, 0) is 4.79 Å². The number of carbonyl (C=O) groups excluding carboxylic acids is 1. The topological polar surface area (TPSA) is 32.3 Å². The van der Waals surface area contributed by atoms with Gasteiger partial charge in [-0.05, 0) is 45.4 Å². The second kappa shape index (κ2) is 6.15. The van der Waals surface area contributed by atoms with Gasteiger partial charge in [-0.1, -0.05) is 12.1 Å². The molecule has 19 heavy (non-hydrogen) atoms. The largest absolute Gasteiger partial charge is 0.314 e. The molecule has 2 atom stereocenters. The van der Waals surface area contributed by atoms with E-state index in [1.54, 1.807) is 23.1 Å². The highest BCUT2D eigenvalue weighted by Crippen LogP contribution is 2.24. The van der Waals surface area contributed by atoms with Gasteiger partial charge in [-0.25, -0.2) is 4.39 Å². The minimum absolute atomic E-state index is 0.00388. The molecule has 0 aromatic heterocycles. The Morgan fingerprint density at radius 2 is 2.21 bits per heavy atom. The lowest BCUT2D eigenvalue weighted by Gasteiger charge is -2.31. The molecule has 2 unspecified atom stereocenters. The fraction of sp³-hybridized carbons (Fsp3) is 0.533. The summed E-state index contributed by atoms with van der Waals surface area (Å²) in [7, 11) is 0. The number of nitrogens with one attached hydrogen (secondary N) is 1. The predicted molar refractivity (Wildman–Crippen MR) is 74.6 cm³/mol. The van der Waals surface area contributed by atoms with Gasteiger partial charge in [0.25, 0.3) is 0 Å². The van der Waals surface area contributed by atoms with Crippen molar-refractivity contribution in [2.45, 2.75) is 32.7 Å². The molecule has 0 radical (unpaired) electrons. The highest BCUT2D eigenvalue weighted by Gasteiger charge is 2.29. The maximum atomic E-state index is 13.8. The lowest BCUT2D eigenvalue weighted by molar-refractivity contribution is -0.123. The first-order chi connectivity index (χ1) is 9.13. The predicted octanol–water partition coefficient (Wildman–Crippen LogP) is 2.57. The Labute approximate surface area is 113 Å². The van der Waals surface area contributed by atoms with E-state index in [1.165, 1.54) is 6.07 Å². The lowest BCUT2D eigenvalue weighted by Crippen LogP contribution is -2.44. The first kappa shape index (κ1) is 14.0. The number of benzene rings is 1. The Kier molecular flexibility index (Phi) is 4.53. The van der Waals surface area contributed by atoms with Crippen molar-refractivity contribution in [3.05, 3.63) is 30.1 Å². The van der Waals surface area contributed by atoms with Crippen molar-refractivity contribution >= 4 is 11.6 Å². The second-order valence-corrected chi connectivity index (χ2v) is 5.11. The maximum absolute atomic E-state index is 13.8. The Hall–Kier alpha value is -1.42. The molecule has 1 amide bonds. The van der Waals surface area contributed by atoms with E-state index in [1.807, 2.05) is 6.92 Å². The average Bonchev–Trinajstić information content (AvgIpc) is 2.41. The summed E-state index contributed by atoms with van der Waals surface area (Å²) < 4.78 is 13.8. The Morgan fingerprint density at radius 1 is 1.47 bits per heavy atom. The van der Waals surface area contributed by atoms with E-state index in [4.69, 9.17) is 0 Å². The van der Waals surface area contributed by atoms with Crippen molar-refractivity contribution in [1.29, 1.82) is 0 Å². The zero-order chi connectivity index (χ0) is 13.8. The molecular formula is C15H21FN2O. The normalized spacial score (nSPS) is 23.1. The molecule has 1 heterocycles. The summed E-state index contributed by atoms with van der Waals surface area (Å²) in [5.41, 5.74) is 0.390. The summed E-state index contributed by atoms with van der Waals surface area (Å²) in [4.78, 5) is 14.1. The van der Waals surface area contributed by atoms with Gasteiger partial charge in [0.1, 0.15) is 5.82 Å². The second-order valence-electron chi connectivity index (χ2n) is 5.11. The molecule has 104 valence electrons. The molecule has 1 fully saturated rings. The van der Waals surface area contributed by atoms with Crippen molar-refractivity contribution in [2.24, 2.45) is 5.92 Å². The van der Waals surface area contributed by atoms with Crippen LogP contribution in [0.1, 0.15) is 26.7 Å². The average molecular weight is 264 g/mol. The van der Waals surface area contributed by atoms with Gasteiger partial charge in [-0.15, -0.1) is 0 Å². The number of piperidine rings is 1. The highest BCUT2D eigenvalue weighted by atomic mass is 19.1. The van der Waals surface area contributed by atoms with E-state index in [0.717, 1.165) is 19.4 Å². The molecule has 0 bridgehead atoms. The van der Waals surface area contributed by atoms with Gasteiger partial charge in [-0.2, -0.15) is 0 Å². The minimum Gasteiger partial charge on any atom is -0.314 e. The molecule has 4 heteroatoms. The Morgan fingerprint density at radius 3 is 2.84 bits per heavy atom. The zero-order valence-electron chi connectivity index (χ0n) is 11.5. The first-order valence-electron chi connectivity index (χ1n) is 6.92. The smallest absolute Gasteiger partial charge is 0.230 e. The van der Waals surface area contributed by atoms with Crippen LogP contribution in [0.4, 0.5) is 10.1 Å². The van der Waals surface area contributed by atoms with E-state index >= 15 is 0 Å². The number of para-hydroxylation sites is 1. The summed E-state index contributed by atoms with van der Waals surface area (Å²) in [5.74, 6) is -0.295. The zero-order valence-corrected chi connectivity index (χ0v) is 11.5.